The van der Waals surface area contributed by atoms with Gasteiger partial charge in [-0.3, -0.25) is 4.57 Å². The van der Waals surface area contributed by atoms with Gasteiger partial charge in [0.15, 0.2) is 6.33 Å². The topological polar surface area (TPSA) is 17.8 Å². The lowest BCUT2D eigenvalue weighted by Crippen LogP contribution is -1.92. The summed E-state index contributed by atoms with van der Waals surface area (Å²) in [4.78, 5) is 3.18. The van der Waals surface area contributed by atoms with Crippen LogP contribution in [0.15, 0.2) is 6.20 Å². The van der Waals surface area contributed by atoms with Crippen molar-refractivity contribution in [2.24, 2.45) is 0 Å². The Kier molecular flexibility index (Phi) is 1.24. The predicted molar refractivity (Wildman–Crippen MR) is 21.2 cm³/mol. The predicted octanol–water partition coefficient (Wildman–Crippen LogP) is 0.879. The maximum absolute atomic E-state index is 11.5. The summed E-state index contributed by atoms with van der Waals surface area (Å²) in [6.45, 7) is -2.55. The van der Waals surface area contributed by atoms with Crippen molar-refractivity contribution >= 4 is 0 Å². The Hall–Kier alpha value is -0.930. The maximum Gasteiger partial charge on any atom is 0.320 e. The summed E-state index contributed by atoms with van der Waals surface area (Å²) < 4.78 is 23.5. The molecule has 8 heavy (non-hydrogen) atoms. The summed E-state index contributed by atoms with van der Waals surface area (Å²) >= 11 is 0. The van der Waals surface area contributed by atoms with E-state index in [9.17, 15) is 8.78 Å². The lowest BCUT2D eigenvalue weighted by Gasteiger charge is -1.93. The third kappa shape index (κ3) is 0.828. The van der Waals surface area contributed by atoms with E-state index in [0.717, 1.165) is 6.20 Å². The van der Waals surface area contributed by atoms with Crippen LogP contribution < -0.4 is 0 Å². The summed E-state index contributed by atoms with van der Waals surface area (Å²) in [5.74, 6) is 0. The Balaban J connectivity index is 2.77. The third-order valence-electron chi connectivity index (χ3n) is 0.637. The lowest BCUT2D eigenvalue weighted by atomic mass is 10.9. The van der Waals surface area contributed by atoms with E-state index in [1.807, 2.05) is 6.33 Å². The molecule has 0 atom stereocenters. The first-order valence-electron chi connectivity index (χ1n) is 1.91. The maximum atomic E-state index is 11.5. The van der Waals surface area contributed by atoms with Crippen molar-refractivity contribution < 1.29 is 8.78 Å². The highest BCUT2D eigenvalue weighted by Crippen LogP contribution is 2.05. The van der Waals surface area contributed by atoms with Crippen molar-refractivity contribution in [3.05, 3.63) is 18.7 Å². The molecule has 2 radical (unpaired) electrons. The van der Waals surface area contributed by atoms with E-state index < -0.39 is 6.55 Å². The average Bonchev–Trinajstić information content (AvgIpc) is 2.12. The number of hydrogen-bond donors (Lipinski definition) is 0. The highest BCUT2D eigenvalue weighted by molar-refractivity contribution is 4.69. The zero-order chi connectivity index (χ0) is 5.98. The molecular weight excluding hydrogens is 114 g/mol. The summed E-state index contributed by atoms with van der Waals surface area (Å²) in [5.41, 5.74) is 0. The van der Waals surface area contributed by atoms with E-state index in [0.29, 0.717) is 4.57 Å². The molecule has 1 heterocycles. The van der Waals surface area contributed by atoms with E-state index in [4.69, 9.17) is 0 Å². The van der Waals surface area contributed by atoms with Crippen LogP contribution in [0.1, 0.15) is 6.55 Å². The quantitative estimate of drug-likeness (QED) is 0.532. The van der Waals surface area contributed by atoms with Crippen molar-refractivity contribution in [1.29, 1.82) is 0 Å². The molecule has 0 amide bonds. The Morgan fingerprint density at radius 1 is 1.62 bits per heavy atom. The number of aromatic nitrogens is 2. The number of halogens is 2. The molecule has 1 aromatic rings. The SMILES string of the molecule is FC(F)n1[c]n[c]c1. The zero-order valence-corrected chi connectivity index (χ0v) is 3.81. The third-order valence-corrected chi connectivity index (χ3v) is 0.637. The van der Waals surface area contributed by atoms with Crippen molar-refractivity contribution in [2.45, 2.75) is 6.55 Å². The fourth-order valence-corrected chi connectivity index (χ4v) is 0.307. The Labute approximate surface area is 44.8 Å². The molecule has 2 nitrogen and oxygen atoms in total. The number of imidazole rings is 1. The summed E-state index contributed by atoms with van der Waals surface area (Å²) in [6, 6.07) is 0. The first kappa shape index (κ1) is 5.21. The number of alkyl halides is 2. The van der Waals surface area contributed by atoms with Crippen LogP contribution >= 0.6 is 0 Å². The first-order valence-corrected chi connectivity index (χ1v) is 1.91. The van der Waals surface area contributed by atoms with Gasteiger partial charge in [-0.1, -0.05) is 0 Å². The molecule has 0 aliphatic carbocycles. The van der Waals surface area contributed by atoms with Gasteiger partial charge >= 0.3 is 6.55 Å². The molecule has 0 fully saturated rings. The van der Waals surface area contributed by atoms with Crippen LogP contribution in [0.25, 0.3) is 0 Å². The molecule has 0 aliphatic rings. The molecule has 0 saturated heterocycles. The second-order valence-electron chi connectivity index (χ2n) is 1.15. The fraction of sp³-hybridized carbons (Fsp3) is 0.250. The highest BCUT2D eigenvalue weighted by atomic mass is 19.3. The largest absolute Gasteiger partial charge is 0.320 e. The van der Waals surface area contributed by atoms with E-state index >= 15 is 0 Å². The monoisotopic (exact) mass is 116 g/mol. The van der Waals surface area contributed by atoms with Gasteiger partial charge in [-0.05, 0) is 0 Å². The Morgan fingerprint density at radius 2 is 2.38 bits per heavy atom. The first-order chi connectivity index (χ1) is 3.80. The van der Waals surface area contributed by atoms with Gasteiger partial charge in [-0.25, -0.2) is 4.98 Å². The Bertz CT molecular complexity index is 147. The summed E-state index contributed by atoms with van der Waals surface area (Å²) in [7, 11) is 0. The van der Waals surface area contributed by atoms with E-state index in [2.05, 4.69) is 11.2 Å². The van der Waals surface area contributed by atoms with E-state index in [1.54, 1.807) is 0 Å². The average molecular weight is 116 g/mol. The molecule has 4 heteroatoms. The second-order valence-corrected chi connectivity index (χ2v) is 1.15. The number of nitrogens with zero attached hydrogens (tertiary/aromatic N) is 2. The molecule has 0 aliphatic heterocycles. The van der Waals surface area contributed by atoms with Crippen molar-refractivity contribution in [1.82, 2.24) is 9.55 Å². The van der Waals surface area contributed by atoms with Crippen LogP contribution in [-0.4, -0.2) is 9.55 Å². The molecule has 1 rings (SSSR count). The molecule has 0 spiro atoms. The van der Waals surface area contributed by atoms with Gasteiger partial charge in [-0.2, -0.15) is 8.78 Å². The molecule has 0 N–H and O–H groups in total. The van der Waals surface area contributed by atoms with E-state index in [-0.39, 0.29) is 0 Å². The van der Waals surface area contributed by atoms with Crippen LogP contribution in [0.3, 0.4) is 0 Å². The van der Waals surface area contributed by atoms with Gasteiger partial charge in [0, 0.05) is 6.20 Å². The molecule has 42 valence electrons. The standard InChI is InChI=1S/C4H2F2N2/c5-4(6)8-2-1-7-3-8/h2,4H. The van der Waals surface area contributed by atoms with Crippen LogP contribution in [0.2, 0.25) is 0 Å². The molecule has 0 bridgehead atoms. The Morgan fingerprint density at radius 3 is 2.62 bits per heavy atom. The van der Waals surface area contributed by atoms with Crippen molar-refractivity contribution in [3.8, 4) is 0 Å². The minimum Gasteiger partial charge on any atom is -0.270 e. The number of hydrogen-bond acceptors (Lipinski definition) is 1. The zero-order valence-electron chi connectivity index (χ0n) is 3.81. The lowest BCUT2D eigenvalue weighted by molar-refractivity contribution is 0.0692. The molecule has 0 unspecified atom stereocenters. The van der Waals surface area contributed by atoms with Crippen LogP contribution in [0.4, 0.5) is 8.78 Å². The fourth-order valence-electron chi connectivity index (χ4n) is 0.307. The van der Waals surface area contributed by atoms with Crippen LogP contribution in [-0.2, 0) is 0 Å². The van der Waals surface area contributed by atoms with Gasteiger partial charge in [0.2, 0.25) is 0 Å². The smallest absolute Gasteiger partial charge is 0.270 e. The molecule has 1 aromatic heterocycles. The van der Waals surface area contributed by atoms with Gasteiger partial charge in [0.1, 0.15) is 6.20 Å². The minimum absolute atomic E-state index is 0.542. The van der Waals surface area contributed by atoms with Crippen LogP contribution in [0, 0.1) is 12.5 Å². The van der Waals surface area contributed by atoms with Gasteiger partial charge in [0.25, 0.3) is 0 Å². The van der Waals surface area contributed by atoms with E-state index in [1.165, 1.54) is 0 Å². The summed E-state index contributed by atoms with van der Waals surface area (Å²) in [5, 5.41) is 0. The van der Waals surface area contributed by atoms with Gasteiger partial charge < -0.3 is 0 Å². The normalized spacial score (nSPS) is 10.4. The molecule has 0 saturated carbocycles. The van der Waals surface area contributed by atoms with Crippen LogP contribution in [0.5, 0.6) is 0 Å². The van der Waals surface area contributed by atoms with Gasteiger partial charge in [0.05, 0.1) is 0 Å². The van der Waals surface area contributed by atoms with Crippen molar-refractivity contribution in [3.63, 3.8) is 0 Å². The number of rotatable bonds is 1. The highest BCUT2D eigenvalue weighted by Gasteiger charge is 2.01. The second kappa shape index (κ2) is 1.90. The van der Waals surface area contributed by atoms with Gasteiger partial charge in [-0.15, -0.1) is 0 Å². The molecule has 0 aromatic carbocycles. The summed E-state index contributed by atoms with van der Waals surface area (Å²) in [6.07, 6.45) is 5.22. The molecular formula is C4H2F2N2. The minimum atomic E-state index is -2.55. The van der Waals surface area contributed by atoms with Crippen molar-refractivity contribution in [2.75, 3.05) is 0 Å².